The number of benzene rings is 1. The molecule has 0 aromatic heterocycles. The van der Waals surface area contributed by atoms with Gasteiger partial charge in [0.15, 0.2) is 11.6 Å². The zero-order valence-electron chi connectivity index (χ0n) is 10.6. The van der Waals surface area contributed by atoms with Gasteiger partial charge >= 0.3 is 0 Å². The minimum atomic E-state index is -4.24. The van der Waals surface area contributed by atoms with Crippen molar-refractivity contribution in [2.24, 2.45) is 0 Å². The van der Waals surface area contributed by atoms with E-state index in [0.717, 1.165) is 18.9 Å². The van der Waals surface area contributed by atoms with Crippen LogP contribution in [-0.4, -0.2) is 31.8 Å². The van der Waals surface area contributed by atoms with Gasteiger partial charge in [0.05, 0.1) is 10.5 Å². The number of nitrogens with zero attached hydrogens (tertiary/aromatic N) is 1. The number of carbonyl (C=O) groups excluding carboxylic acids is 1. The van der Waals surface area contributed by atoms with E-state index in [0.29, 0.717) is 12.6 Å². The Morgan fingerprint density at radius 2 is 2.05 bits per heavy atom. The van der Waals surface area contributed by atoms with E-state index in [1.54, 1.807) is 6.92 Å². The quantitative estimate of drug-likeness (QED) is 0.786. The van der Waals surface area contributed by atoms with Gasteiger partial charge in [0.25, 0.3) is 15.0 Å². The molecule has 1 atom stereocenters. The van der Waals surface area contributed by atoms with E-state index in [1.165, 1.54) is 4.90 Å². The van der Waals surface area contributed by atoms with Crippen molar-refractivity contribution in [2.75, 3.05) is 6.54 Å². The molecule has 1 aliphatic heterocycles. The summed E-state index contributed by atoms with van der Waals surface area (Å²) in [4.78, 5) is 13.0. The van der Waals surface area contributed by atoms with Crippen LogP contribution in [0.2, 0.25) is 0 Å². The second kappa shape index (κ2) is 5.29. The molecule has 4 nitrogen and oxygen atoms in total. The molecule has 1 amide bonds. The molecule has 1 aromatic rings. The highest BCUT2D eigenvalue weighted by molar-refractivity contribution is 8.13. The Morgan fingerprint density at radius 3 is 2.55 bits per heavy atom. The van der Waals surface area contributed by atoms with E-state index in [4.69, 9.17) is 10.7 Å². The largest absolute Gasteiger partial charge is 0.336 e. The van der Waals surface area contributed by atoms with Crippen LogP contribution in [0.4, 0.5) is 8.78 Å². The zero-order chi connectivity index (χ0) is 15.1. The summed E-state index contributed by atoms with van der Waals surface area (Å²) in [7, 11) is 0.866. The fourth-order valence-corrected chi connectivity index (χ4v) is 3.02. The first kappa shape index (κ1) is 15.2. The molecule has 110 valence electrons. The second-order valence-electron chi connectivity index (χ2n) is 4.69. The van der Waals surface area contributed by atoms with Crippen molar-refractivity contribution in [3.8, 4) is 0 Å². The van der Waals surface area contributed by atoms with Crippen molar-refractivity contribution >= 4 is 25.6 Å². The molecule has 0 bridgehead atoms. The summed E-state index contributed by atoms with van der Waals surface area (Å²) in [5.41, 5.74) is -0.613. The maximum absolute atomic E-state index is 13.7. The molecule has 1 aliphatic rings. The third kappa shape index (κ3) is 2.78. The van der Waals surface area contributed by atoms with Gasteiger partial charge < -0.3 is 4.90 Å². The van der Waals surface area contributed by atoms with Crippen LogP contribution >= 0.6 is 10.7 Å². The lowest BCUT2D eigenvalue weighted by Crippen LogP contribution is -2.34. The van der Waals surface area contributed by atoms with Gasteiger partial charge in [-0.2, -0.15) is 0 Å². The molecule has 1 aromatic carbocycles. The molecule has 0 spiro atoms. The zero-order valence-corrected chi connectivity index (χ0v) is 12.1. The summed E-state index contributed by atoms with van der Waals surface area (Å²) >= 11 is 0. The standard InChI is InChI=1S/C12H12ClF2NO3S/c1-7-3-2-4-16(7)12(17)9-5-8(20(13,18)19)6-10(14)11(9)15/h5-7H,2-4H2,1H3. The SMILES string of the molecule is CC1CCCN1C(=O)c1cc(S(=O)(=O)Cl)cc(F)c1F. The fourth-order valence-electron chi connectivity index (χ4n) is 2.25. The van der Waals surface area contributed by atoms with E-state index in [-0.39, 0.29) is 6.04 Å². The molecular weight excluding hydrogens is 312 g/mol. The van der Waals surface area contributed by atoms with Gasteiger partial charge in [-0.25, -0.2) is 17.2 Å². The summed E-state index contributed by atoms with van der Waals surface area (Å²) in [6, 6.07) is 1.14. The summed E-state index contributed by atoms with van der Waals surface area (Å²) < 4.78 is 49.6. The first-order valence-corrected chi connectivity index (χ1v) is 8.27. The molecule has 8 heteroatoms. The highest BCUT2D eigenvalue weighted by atomic mass is 35.7. The Hall–Kier alpha value is -1.21. The van der Waals surface area contributed by atoms with Crippen LogP contribution in [0.1, 0.15) is 30.1 Å². The molecule has 0 N–H and O–H groups in total. The van der Waals surface area contributed by atoms with Gasteiger partial charge in [0.2, 0.25) is 0 Å². The van der Waals surface area contributed by atoms with Crippen molar-refractivity contribution in [1.29, 1.82) is 0 Å². The number of rotatable bonds is 2. The van der Waals surface area contributed by atoms with E-state index in [9.17, 15) is 22.0 Å². The minimum Gasteiger partial charge on any atom is -0.336 e. The summed E-state index contributed by atoms with van der Waals surface area (Å²) in [5, 5.41) is 0. The average Bonchev–Trinajstić information content (AvgIpc) is 2.76. The molecule has 0 radical (unpaired) electrons. The Balaban J connectivity index is 2.50. The van der Waals surface area contributed by atoms with Gasteiger partial charge in [-0.05, 0) is 31.9 Å². The number of hydrogen-bond acceptors (Lipinski definition) is 3. The highest BCUT2D eigenvalue weighted by Crippen LogP contribution is 2.25. The van der Waals surface area contributed by atoms with E-state index < -0.39 is 37.1 Å². The molecule has 2 rings (SSSR count). The second-order valence-corrected chi connectivity index (χ2v) is 7.26. The smallest absolute Gasteiger partial charge is 0.261 e. The van der Waals surface area contributed by atoms with Crippen molar-refractivity contribution in [3.05, 3.63) is 29.3 Å². The van der Waals surface area contributed by atoms with Gasteiger partial charge in [0.1, 0.15) is 0 Å². The summed E-state index contributed by atoms with van der Waals surface area (Å²) in [5.74, 6) is -3.51. The molecular formula is C12H12ClF2NO3S. The third-order valence-corrected chi connectivity index (χ3v) is 4.66. The lowest BCUT2D eigenvalue weighted by molar-refractivity contribution is 0.0741. The first-order chi connectivity index (χ1) is 9.21. The van der Waals surface area contributed by atoms with Crippen LogP contribution in [0.3, 0.4) is 0 Å². The molecule has 1 unspecified atom stereocenters. The van der Waals surface area contributed by atoms with Gasteiger partial charge in [-0.1, -0.05) is 0 Å². The number of likely N-dealkylation sites (tertiary alicyclic amines) is 1. The van der Waals surface area contributed by atoms with Crippen LogP contribution in [-0.2, 0) is 9.05 Å². The van der Waals surface area contributed by atoms with Crippen LogP contribution in [0.25, 0.3) is 0 Å². The number of carbonyl (C=O) groups is 1. The Bertz CT molecular complexity index is 663. The lowest BCUT2D eigenvalue weighted by atomic mass is 10.1. The van der Waals surface area contributed by atoms with E-state index in [2.05, 4.69) is 0 Å². The van der Waals surface area contributed by atoms with Crippen molar-refractivity contribution in [2.45, 2.75) is 30.7 Å². The topological polar surface area (TPSA) is 54.5 Å². The van der Waals surface area contributed by atoms with E-state index >= 15 is 0 Å². The normalized spacial score (nSPS) is 19.4. The summed E-state index contributed by atoms with van der Waals surface area (Å²) in [6.07, 6.45) is 1.54. The Kier molecular flexibility index (Phi) is 4.02. The van der Waals surface area contributed by atoms with Crippen LogP contribution < -0.4 is 0 Å². The maximum Gasteiger partial charge on any atom is 0.261 e. The monoisotopic (exact) mass is 323 g/mol. The van der Waals surface area contributed by atoms with Crippen molar-refractivity contribution in [3.63, 3.8) is 0 Å². The van der Waals surface area contributed by atoms with Crippen LogP contribution in [0.5, 0.6) is 0 Å². The maximum atomic E-state index is 13.7. The highest BCUT2D eigenvalue weighted by Gasteiger charge is 2.30. The predicted molar refractivity (Wildman–Crippen MR) is 69.1 cm³/mol. The van der Waals surface area contributed by atoms with Gasteiger partial charge in [-0.15, -0.1) is 0 Å². The molecule has 1 heterocycles. The summed E-state index contributed by atoms with van der Waals surface area (Å²) in [6.45, 7) is 2.22. The fraction of sp³-hybridized carbons (Fsp3) is 0.417. The van der Waals surface area contributed by atoms with Crippen LogP contribution in [0.15, 0.2) is 17.0 Å². The van der Waals surface area contributed by atoms with Gasteiger partial charge in [0, 0.05) is 23.3 Å². The van der Waals surface area contributed by atoms with E-state index in [1.807, 2.05) is 0 Å². The Morgan fingerprint density at radius 1 is 1.40 bits per heavy atom. The Labute approximate surface area is 119 Å². The molecule has 1 fully saturated rings. The van der Waals surface area contributed by atoms with Crippen LogP contribution in [0, 0.1) is 11.6 Å². The predicted octanol–water partition coefficient (Wildman–Crippen LogP) is 2.52. The third-order valence-electron chi connectivity index (χ3n) is 3.33. The number of amides is 1. The number of hydrogen-bond donors (Lipinski definition) is 0. The number of halogens is 3. The molecule has 20 heavy (non-hydrogen) atoms. The molecule has 1 saturated heterocycles. The average molecular weight is 324 g/mol. The van der Waals surface area contributed by atoms with Crippen molar-refractivity contribution < 1.29 is 22.0 Å². The van der Waals surface area contributed by atoms with Gasteiger partial charge in [-0.3, -0.25) is 4.79 Å². The molecule has 0 aliphatic carbocycles. The van der Waals surface area contributed by atoms with Crippen molar-refractivity contribution in [1.82, 2.24) is 4.90 Å². The minimum absolute atomic E-state index is 0.0961. The molecule has 0 saturated carbocycles. The lowest BCUT2D eigenvalue weighted by Gasteiger charge is -2.21. The first-order valence-electron chi connectivity index (χ1n) is 5.96.